The lowest BCUT2D eigenvalue weighted by Gasteiger charge is -2.20. The number of carboxylic acid groups (broad SMARTS) is 1. The van der Waals surface area contributed by atoms with Crippen LogP contribution in [0.2, 0.25) is 0 Å². The molecule has 19 heavy (non-hydrogen) atoms. The Morgan fingerprint density at radius 3 is 2.26 bits per heavy atom. The van der Waals surface area contributed by atoms with E-state index in [0.717, 1.165) is 19.3 Å². The van der Waals surface area contributed by atoms with Crippen LogP contribution >= 0.6 is 0 Å². The molecule has 0 aliphatic rings. The molecule has 0 rings (SSSR count). The minimum absolute atomic E-state index is 0.177. The van der Waals surface area contributed by atoms with Crippen molar-refractivity contribution >= 4 is 11.9 Å². The zero-order valence-electron chi connectivity index (χ0n) is 12.3. The van der Waals surface area contributed by atoms with E-state index in [1.807, 2.05) is 6.92 Å². The summed E-state index contributed by atoms with van der Waals surface area (Å²) in [6.45, 7) is 6.76. The van der Waals surface area contributed by atoms with Crippen LogP contribution in [0.1, 0.15) is 52.9 Å². The van der Waals surface area contributed by atoms with Crippen molar-refractivity contribution in [1.82, 2.24) is 5.32 Å². The van der Waals surface area contributed by atoms with Crippen LogP contribution in [0.25, 0.3) is 0 Å². The monoisotopic (exact) mass is 272 g/mol. The van der Waals surface area contributed by atoms with Gasteiger partial charge in [-0.2, -0.15) is 0 Å². The van der Waals surface area contributed by atoms with Crippen molar-refractivity contribution in [2.75, 3.05) is 6.54 Å². The molecule has 2 unspecified atom stereocenters. The van der Waals surface area contributed by atoms with E-state index in [-0.39, 0.29) is 5.91 Å². The van der Waals surface area contributed by atoms with E-state index in [0.29, 0.717) is 31.2 Å². The van der Waals surface area contributed by atoms with Gasteiger partial charge in [-0.25, -0.2) is 4.79 Å². The van der Waals surface area contributed by atoms with Crippen molar-refractivity contribution in [1.29, 1.82) is 0 Å². The van der Waals surface area contributed by atoms with Gasteiger partial charge in [-0.15, -0.1) is 0 Å². The maximum absolute atomic E-state index is 11.8. The third-order valence-corrected chi connectivity index (χ3v) is 3.43. The van der Waals surface area contributed by atoms with Gasteiger partial charge in [-0.1, -0.05) is 27.2 Å². The molecule has 112 valence electrons. The van der Waals surface area contributed by atoms with Gasteiger partial charge in [-0.3, -0.25) is 4.79 Å². The molecular weight excluding hydrogens is 244 g/mol. The second kappa shape index (κ2) is 9.78. The number of nitrogens with two attached hydrogens (primary N) is 1. The molecule has 0 saturated heterocycles. The average Bonchev–Trinajstić information content (AvgIpc) is 2.33. The highest BCUT2D eigenvalue weighted by atomic mass is 16.4. The highest BCUT2D eigenvalue weighted by Crippen LogP contribution is 2.20. The zero-order valence-corrected chi connectivity index (χ0v) is 12.3. The lowest BCUT2D eigenvalue weighted by Crippen LogP contribution is -2.40. The fourth-order valence-corrected chi connectivity index (χ4v) is 2.15. The number of rotatable bonds is 10. The number of carboxylic acids is 1. The Labute approximate surface area is 115 Å². The number of carbonyl (C=O) groups is 2. The molecule has 0 fully saturated rings. The van der Waals surface area contributed by atoms with Gasteiger partial charge in [-0.05, 0) is 37.6 Å². The van der Waals surface area contributed by atoms with E-state index in [1.165, 1.54) is 0 Å². The summed E-state index contributed by atoms with van der Waals surface area (Å²) >= 11 is 0. The maximum Gasteiger partial charge on any atom is 0.326 e. The summed E-state index contributed by atoms with van der Waals surface area (Å²) in [5.41, 5.74) is 5.56. The topological polar surface area (TPSA) is 92.4 Å². The van der Waals surface area contributed by atoms with Crippen molar-refractivity contribution in [3.05, 3.63) is 0 Å². The molecule has 4 N–H and O–H groups in total. The van der Waals surface area contributed by atoms with Gasteiger partial charge in [0.1, 0.15) is 6.04 Å². The van der Waals surface area contributed by atoms with E-state index in [4.69, 9.17) is 10.8 Å². The van der Waals surface area contributed by atoms with Gasteiger partial charge in [0, 0.05) is 6.42 Å². The average molecular weight is 272 g/mol. The fourth-order valence-electron chi connectivity index (χ4n) is 2.15. The molecule has 0 heterocycles. The number of hydrogen-bond acceptors (Lipinski definition) is 3. The fraction of sp³-hybridized carbons (Fsp3) is 0.857. The molecular formula is C14H28N2O3. The van der Waals surface area contributed by atoms with Crippen LogP contribution in [0.15, 0.2) is 0 Å². The smallest absolute Gasteiger partial charge is 0.326 e. The van der Waals surface area contributed by atoms with Gasteiger partial charge in [0.25, 0.3) is 0 Å². The van der Waals surface area contributed by atoms with E-state index in [9.17, 15) is 9.59 Å². The predicted octanol–water partition coefficient (Wildman–Crippen LogP) is 1.76. The number of amides is 1. The number of nitrogens with one attached hydrogen (secondary N) is 1. The largest absolute Gasteiger partial charge is 0.480 e. The highest BCUT2D eigenvalue weighted by Gasteiger charge is 2.20. The summed E-state index contributed by atoms with van der Waals surface area (Å²) in [4.78, 5) is 22.7. The first-order chi connectivity index (χ1) is 8.92. The van der Waals surface area contributed by atoms with Crippen molar-refractivity contribution in [2.45, 2.75) is 58.9 Å². The van der Waals surface area contributed by atoms with Gasteiger partial charge in [0.05, 0.1) is 0 Å². The zero-order chi connectivity index (χ0) is 14.8. The third-order valence-electron chi connectivity index (χ3n) is 3.43. The third kappa shape index (κ3) is 7.82. The Morgan fingerprint density at radius 2 is 1.84 bits per heavy atom. The molecule has 2 atom stereocenters. The van der Waals surface area contributed by atoms with Crippen molar-refractivity contribution in [3.8, 4) is 0 Å². The van der Waals surface area contributed by atoms with Gasteiger partial charge in [0.2, 0.25) is 5.91 Å². The van der Waals surface area contributed by atoms with Crippen LogP contribution in [0, 0.1) is 11.8 Å². The van der Waals surface area contributed by atoms with Crippen LogP contribution in [-0.4, -0.2) is 29.6 Å². The normalized spacial score (nSPS) is 14.2. The maximum atomic E-state index is 11.8. The molecule has 0 radical (unpaired) electrons. The van der Waals surface area contributed by atoms with Crippen LogP contribution < -0.4 is 11.1 Å². The minimum atomic E-state index is -0.961. The van der Waals surface area contributed by atoms with Crippen molar-refractivity contribution in [3.63, 3.8) is 0 Å². The minimum Gasteiger partial charge on any atom is -0.480 e. The Morgan fingerprint density at radius 1 is 1.21 bits per heavy atom. The molecule has 0 aromatic heterocycles. The van der Waals surface area contributed by atoms with Crippen LogP contribution in [-0.2, 0) is 9.59 Å². The molecule has 0 spiro atoms. The first-order valence-electron chi connectivity index (χ1n) is 7.14. The van der Waals surface area contributed by atoms with Gasteiger partial charge in [0.15, 0.2) is 0 Å². The lowest BCUT2D eigenvalue weighted by molar-refractivity contribution is -0.142. The van der Waals surface area contributed by atoms with E-state index < -0.39 is 12.0 Å². The number of carbonyl (C=O) groups excluding carboxylic acids is 1. The van der Waals surface area contributed by atoms with Gasteiger partial charge < -0.3 is 16.2 Å². The molecule has 0 aromatic carbocycles. The van der Waals surface area contributed by atoms with Crippen molar-refractivity contribution < 1.29 is 14.7 Å². The summed E-state index contributed by atoms with van der Waals surface area (Å²) in [5.74, 6) is -0.228. The molecule has 1 amide bonds. The summed E-state index contributed by atoms with van der Waals surface area (Å²) in [5, 5.41) is 11.6. The van der Waals surface area contributed by atoms with E-state index >= 15 is 0 Å². The first kappa shape index (κ1) is 17.9. The number of aliphatic carboxylic acids is 1. The SMILES string of the molecule is CCCC(NC(=O)CCC(CCN)C(C)C)C(=O)O. The summed E-state index contributed by atoms with van der Waals surface area (Å²) < 4.78 is 0. The molecule has 0 aliphatic heterocycles. The molecule has 5 heteroatoms. The summed E-state index contributed by atoms with van der Waals surface area (Å²) in [6, 6.07) is -0.760. The summed E-state index contributed by atoms with van der Waals surface area (Å²) in [6.07, 6.45) is 3.24. The second-order valence-electron chi connectivity index (χ2n) is 5.37. The Hall–Kier alpha value is -1.10. The Kier molecular flexibility index (Phi) is 9.21. The van der Waals surface area contributed by atoms with E-state index in [2.05, 4.69) is 19.2 Å². The van der Waals surface area contributed by atoms with E-state index in [1.54, 1.807) is 0 Å². The molecule has 0 bridgehead atoms. The molecule has 0 aromatic rings. The first-order valence-corrected chi connectivity index (χ1v) is 7.14. The van der Waals surface area contributed by atoms with Crippen LogP contribution in [0.3, 0.4) is 0 Å². The highest BCUT2D eigenvalue weighted by molar-refractivity contribution is 5.83. The lowest BCUT2D eigenvalue weighted by atomic mass is 9.88. The van der Waals surface area contributed by atoms with Crippen LogP contribution in [0.5, 0.6) is 0 Å². The van der Waals surface area contributed by atoms with Gasteiger partial charge >= 0.3 is 5.97 Å². The standard InChI is InChI=1S/C14H28N2O3/c1-4-5-12(14(18)19)16-13(17)7-6-11(8-9-15)10(2)3/h10-12H,4-9,15H2,1-3H3,(H,16,17)(H,18,19). The molecule has 5 nitrogen and oxygen atoms in total. The number of hydrogen-bond donors (Lipinski definition) is 3. The van der Waals surface area contributed by atoms with Crippen molar-refractivity contribution in [2.24, 2.45) is 17.6 Å². The van der Waals surface area contributed by atoms with Crippen LogP contribution in [0.4, 0.5) is 0 Å². The quantitative estimate of drug-likeness (QED) is 0.565. The molecule has 0 saturated carbocycles. The second-order valence-corrected chi connectivity index (χ2v) is 5.37. The Bertz CT molecular complexity index is 280. The molecule has 0 aliphatic carbocycles. The predicted molar refractivity (Wildman–Crippen MR) is 75.7 cm³/mol. The summed E-state index contributed by atoms with van der Waals surface area (Å²) in [7, 11) is 0. The Balaban J connectivity index is 4.18.